The molecule has 0 heterocycles. The van der Waals surface area contributed by atoms with Gasteiger partial charge in [0, 0.05) is 12.9 Å². The van der Waals surface area contributed by atoms with Crippen molar-refractivity contribution in [1.82, 2.24) is 0 Å². The van der Waals surface area contributed by atoms with Crippen molar-refractivity contribution in [3.63, 3.8) is 0 Å². The van der Waals surface area contributed by atoms with E-state index in [1.165, 1.54) is 89.9 Å². The molecule has 0 aliphatic heterocycles. The average molecular weight is 375 g/mol. The minimum atomic E-state index is -0.740. The van der Waals surface area contributed by atoms with Gasteiger partial charge in [0.05, 0.1) is 12.5 Å². The number of carboxylic acid groups (broad SMARTS) is 1. The van der Waals surface area contributed by atoms with Crippen LogP contribution in [0.15, 0.2) is 0 Å². The van der Waals surface area contributed by atoms with Gasteiger partial charge in [0.2, 0.25) is 0 Å². The molecule has 0 aromatic carbocycles. The second kappa shape index (κ2) is 20.1. The molecule has 0 aromatic heterocycles. The van der Waals surface area contributed by atoms with Crippen LogP contribution in [0.5, 0.6) is 0 Å². The summed E-state index contributed by atoms with van der Waals surface area (Å²) in [7, 11) is 1.56. The van der Waals surface area contributed by atoms with Crippen LogP contribution >= 0.6 is 11.8 Å². The summed E-state index contributed by atoms with van der Waals surface area (Å²) in [5.41, 5.74) is 0. The summed E-state index contributed by atoms with van der Waals surface area (Å²) in [5.74, 6) is 0.643. The summed E-state index contributed by atoms with van der Waals surface area (Å²) in [5, 5.41) is 9.04. The van der Waals surface area contributed by atoms with E-state index >= 15 is 0 Å². The lowest BCUT2D eigenvalue weighted by Crippen LogP contribution is -2.21. The molecule has 4 heteroatoms. The molecule has 1 N–H and O–H groups in total. The normalized spacial score (nSPS) is 12.4. The Morgan fingerprint density at radius 1 is 0.840 bits per heavy atom. The van der Waals surface area contributed by atoms with Gasteiger partial charge in [-0.3, -0.25) is 4.79 Å². The van der Waals surface area contributed by atoms with Crippen molar-refractivity contribution in [1.29, 1.82) is 0 Å². The maximum Gasteiger partial charge on any atom is 0.309 e. The second-order valence-electron chi connectivity index (χ2n) is 7.16. The lowest BCUT2D eigenvalue weighted by Gasteiger charge is -2.10. The van der Waals surface area contributed by atoms with Crippen LogP contribution in [0.1, 0.15) is 96.8 Å². The molecular formula is C21H42O3S. The van der Waals surface area contributed by atoms with Gasteiger partial charge in [-0.2, -0.15) is 11.8 Å². The van der Waals surface area contributed by atoms with E-state index in [2.05, 4.69) is 6.92 Å². The molecular weight excluding hydrogens is 332 g/mol. The van der Waals surface area contributed by atoms with Crippen molar-refractivity contribution in [2.75, 3.05) is 25.2 Å². The fraction of sp³-hybridized carbons (Fsp3) is 0.952. The lowest BCUT2D eigenvalue weighted by atomic mass is 10.0. The first-order valence-corrected chi connectivity index (χ1v) is 11.7. The number of methoxy groups -OCH3 is 1. The van der Waals surface area contributed by atoms with E-state index in [1.807, 2.05) is 0 Å². The van der Waals surface area contributed by atoms with Gasteiger partial charge in [-0.25, -0.2) is 0 Å². The number of rotatable bonds is 20. The molecule has 0 bridgehead atoms. The fourth-order valence-corrected chi connectivity index (χ4v) is 4.11. The highest BCUT2D eigenvalue weighted by molar-refractivity contribution is 7.99. The standard InChI is InChI=1S/C21H42O3S/c1-3-4-5-6-7-8-9-10-11-12-13-14-15-16-17-25-19-20(18-24-2)21(22)23/h20H,3-19H2,1-2H3,(H,22,23). The van der Waals surface area contributed by atoms with Gasteiger partial charge in [0.15, 0.2) is 0 Å². The Bertz CT molecular complexity index is 284. The third-order valence-corrected chi connectivity index (χ3v) is 5.89. The number of unbranched alkanes of at least 4 members (excludes halogenated alkanes) is 13. The molecule has 150 valence electrons. The Morgan fingerprint density at radius 3 is 1.68 bits per heavy atom. The van der Waals surface area contributed by atoms with Crippen LogP contribution in [0.2, 0.25) is 0 Å². The predicted octanol–water partition coefficient (Wildman–Crippen LogP) is 6.55. The van der Waals surface area contributed by atoms with Crippen LogP contribution in [0.4, 0.5) is 0 Å². The SMILES string of the molecule is CCCCCCCCCCCCCCCCSCC(COC)C(=O)O. The van der Waals surface area contributed by atoms with E-state index in [1.54, 1.807) is 18.9 Å². The zero-order valence-electron chi connectivity index (χ0n) is 16.8. The van der Waals surface area contributed by atoms with Crippen molar-refractivity contribution in [2.45, 2.75) is 96.8 Å². The number of thioether (sulfide) groups is 1. The summed E-state index contributed by atoms with van der Waals surface area (Å²) >= 11 is 1.75. The molecule has 1 atom stereocenters. The molecule has 0 aromatic rings. The summed E-state index contributed by atoms with van der Waals surface area (Å²) in [6, 6.07) is 0. The molecule has 0 fully saturated rings. The van der Waals surface area contributed by atoms with Gasteiger partial charge in [0.1, 0.15) is 0 Å². The number of carbonyl (C=O) groups is 1. The van der Waals surface area contributed by atoms with Crippen molar-refractivity contribution in [2.24, 2.45) is 5.92 Å². The number of carboxylic acids is 1. The minimum Gasteiger partial charge on any atom is -0.481 e. The quantitative estimate of drug-likeness (QED) is 0.245. The zero-order chi connectivity index (χ0) is 18.6. The van der Waals surface area contributed by atoms with Gasteiger partial charge in [0.25, 0.3) is 0 Å². The van der Waals surface area contributed by atoms with E-state index in [0.717, 1.165) is 5.75 Å². The molecule has 0 saturated heterocycles. The first-order chi connectivity index (χ1) is 12.2. The summed E-state index contributed by atoms with van der Waals surface area (Å²) in [4.78, 5) is 11.0. The van der Waals surface area contributed by atoms with Crippen molar-refractivity contribution in [3.05, 3.63) is 0 Å². The van der Waals surface area contributed by atoms with E-state index in [9.17, 15) is 4.79 Å². The highest BCUT2D eigenvalue weighted by atomic mass is 32.2. The van der Waals surface area contributed by atoms with E-state index in [4.69, 9.17) is 9.84 Å². The molecule has 3 nitrogen and oxygen atoms in total. The van der Waals surface area contributed by atoms with Crippen LogP contribution in [0, 0.1) is 5.92 Å². The molecule has 0 spiro atoms. The molecule has 0 saturated carbocycles. The highest BCUT2D eigenvalue weighted by Crippen LogP contribution is 2.15. The van der Waals surface area contributed by atoms with E-state index in [0.29, 0.717) is 12.4 Å². The zero-order valence-corrected chi connectivity index (χ0v) is 17.6. The Balaban J connectivity index is 3.17. The first-order valence-electron chi connectivity index (χ1n) is 10.5. The number of aliphatic carboxylic acids is 1. The van der Waals surface area contributed by atoms with Crippen LogP contribution in [0.25, 0.3) is 0 Å². The van der Waals surface area contributed by atoms with Gasteiger partial charge in [-0.15, -0.1) is 0 Å². The fourth-order valence-electron chi connectivity index (χ4n) is 3.02. The van der Waals surface area contributed by atoms with Gasteiger partial charge < -0.3 is 9.84 Å². The third kappa shape index (κ3) is 18.4. The number of ether oxygens (including phenoxy) is 1. The molecule has 25 heavy (non-hydrogen) atoms. The smallest absolute Gasteiger partial charge is 0.309 e. The highest BCUT2D eigenvalue weighted by Gasteiger charge is 2.16. The van der Waals surface area contributed by atoms with Crippen molar-refractivity contribution >= 4 is 17.7 Å². The third-order valence-electron chi connectivity index (χ3n) is 4.68. The molecule has 0 amide bonds. The summed E-state index contributed by atoms with van der Waals surface area (Å²) in [6.45, 7) is 2.59. The van der Waals surface area contributed by atoms with Gasteiger partial charge in [-0.05, 0) is 12.2 Å². The molecule has 0 radical (unpaired) electrons. The number of hydrogen-bond acceptors (Lipinski definition) is 3. The predicted molar refractivity (Wildman–Crippen MR) is 111 cm³/mol. The van der Waals surface area contributed by atoms with Gasteiger partial charge >= 0.3 is 5.97 Å². The Labute approximate surface area is 160 Å². The largest absolute Gasteiger partial charge is 0.481 e. The monoisotopic (exact) mass is 374 g/mol. The summed E-state index contributed by atoms with van der Waals surface area (Å²) in [6.07, 6.45) is 19.3. The topological polar surface area (TPSA) is 46.5 Å². The molecule has 0 rings (SSSR count). The first kappa shape index (κ1) is 24.8. The number of hydrogen-bond donors (Lipinski definition) is 1. The van der Waals surface area contributed by atoms with Crippen LogP contribution < -0.4 is 0 Å². The van der Waals surface area contributed by atoms with Crippen molar-refractivity contribution < 1.29 is 14.6 Å². The second-order valence-corrected chi connectivity index (χ2v) is 8.31. The molecule has 1 unspecified atom stereocenters. The summed E-state index contributed by atoms with van der Waals surface area (Å²) < 4.78 is 4.95. The Morgan fingerprint density at radius 2 is 1.28 bits per heavy atom. The van der Waals surface area contributed by atoms with E-state index < -0.39 is 5.97 Å². The Kier molecular flexibility index (Phi) is 19.9. The minimum absolute atomic E-state index is 0.321. The van der Waals surface area contributed by atoms with Crippen LogP contribution in [0.3, 0.4) is 0 Å². The van der Waals surface area contributed by atoms with Gasteiger partial charge in [-0.1, -0.05) is 90.4 Å². The molecule has 0 aliphatic rings. The van der Waals surface area contributed by atoms with Crippen molar-refractivity contribution in [3.8, 4) is 0 Å². The lowest BCUT2D eigenvalue weighted by molar-refractivity contribution is -0.142. The maximum absolute atomic E-state index is 11.0. The van der Waals surface area contributed by atoms with Crippen LogP contribution in [-0.2, 0) is 9.53 Å². The average Bonchev–Trinajstić information content (AvgIpc) is 2.60. The van der Waals surface area contributed by atoms with Crippen LogP contribution in [-0.4, -0.2) is 36.3 Å². The molecule has 0 aliphatic carbocycles. The van der Waals surface area contributed by atoms with E-state index in [-0.39, 0.29) is 5.92 Å². The Hall–Kier alpha value is -0.220. The maximum atomic E-state index is 11.0.